The molecular formula is C34H31ClN2O7. The van der Waals surface area contributed by atoms with Gasteiger partial charge in [0, 0.05) is 29.5 Å². The first-order valence-corrected chi connectivity index (χ1v) is 14.7. The predicted octanol–water partition coefficient (Wildman–Crippen LogP) is 4.08. The van der Waals surface area contributed by atoms with Crippen LogP contribution in [0.2, 0.25) is 5.02 Å². The number of nitrogens with one attached hydrogen (secondary N) is 1. The number of nitrogens with two attached hydrogens (primary N) is 1. The predicted molar refractivity (Wildman–Crippen MR) is 164 cm³/mol. The van der Waals surface area contributed by atoms with E-state index in [0.29, 0.717) is 17.1 Å². The van der Waals surface area contributed by atoms with Gasteiger partial charge in [-0.15, -0.1) is 0 Å². The minimum absolute atomic E-state index is 0.0718. The molecule has 0 aliphatic heterocycles. The Morgan fingerprint density at radius 1 is 0.955 bits per heavy atom. The van der Waals surface area contributed by atoms with Gasteiger partial charge in [-0.3, -0.25) is 14.4 Å². The minimum atomic E-state index is -2.58. The minimum Gasteiger partial charge on any atom is -0.508 e. The Hall–Kier alpha value is -4.44. The molecule has 3 aliphatic rings. The number of halogens is 1. The highest BCUT2D eigenvalue weighted by Gasteiger charge is 2.60. The van der Waals surface area contributed by atoms with E-state index in [1.807, 2.05) is 48.5 Å². The van der Waals surface area contributed by atoms with Gasteiger partial charge in [0.1, 0.15) is 22.8 Å². The number of carbonyl (C=O) groups is 3. The SMILES string of the molecule is NC(=O)C1=C(O)[C@@]2(O)C(=O)C3=C(O)c4c(O)ccc(-c5ccc(CNCCc6ccc(Cl)cc6)cc5)c4C[C@H]3C[C@H]2CC1=O. The number of amides is 1. The number of Topliss-reactive ketones (excluding diaryl/α,β-unsaturated/α-hetero) is 2. The molecule has 44 heavy (non-hydrogen) atoms. The smallest absolute Gasteiger partial charge is 0.255 e. The molecule has 3 aliphatic carbocycles. The van der Waals surface area contributed by atoms with Gasteiger partial charge in [-0.1, -0.05) is 54.1 Å². The second kappa shape index (κ2) is 11.2. The molecule has 10 heteroatoms. The molecule has 0 radical (unpaired) electrons. The molecule has 0 saturated heterocycles. The van der Waals surface area contributed by atoms with E-state index in [4.69, 9.17) is 17.3 Å². The highest BCUT2D eigenvalue weighted by Crippen LogP contribution is 2.53. The Morgan fingerprint density at radius 3 is 2.32 bits per heavy atom. The fourth-order valence-electron chi connectivity index (χ4n) is 6.81. The lowest BCUT2D eigenvalue weighted by molar-refractivity contribution is -0.147. The van der Waals surface area contributed by atoms with Crippen LogP contribution in [0.3, 0.4) is 0 Å². The summed E-state index contributed by atoms with van der Waals surface area (Å²) in [6.45, 7) is 1.46. The molecule has 0 spiro atoms. The average Bonchev–Trinajstić information content (AvgIpc) is 2.98. The topological polar surface area (TPSA) is 170 Å². The summed E-state index contributed by atoms with van der Waals surface area (Å²) in [6.07, 6.45) is 0.834. The van der Waals surface area contributed by atoms with E-state index in [1.54, 1.807) is 6.07 Å². The van der Waals surface area contributed by atoms with Crippen LogP contribution in [-0.4, -0.2) is 50.0 Å². The third kappa shape index (κ3) is 4.87. The largest absolute Gasteiger partial charge is 0.508 e. The maximum absolute atomic E-state index is 13.7. The first-order valence-electron chi connectivity index (χ1n) is 14.4. The zero-order valence-electron chi connectivity index (χ0n) is 23.6. The summed E-state index contributed by atoms with van der Waals surface area (Å²) in [4.78, 5) is 38.1. The maximum atomic E-state index is 13.7. The quantitative estimate of drug-likeness (QED) is 0.171. The molecule has 1 saturated carbocycles. The van der Waals surface area contributed by atoms with Gasteiger partial charge in [-0.2, -0.15) is 0 Å². The number of phenolic OH excluding ortho intramolecular Hbond substituents is 1. The lowest BCUT2D eigenvalue weighted by Crippen LogP contribution is -2.58. The number of hydrogen-bond donors (Lipinski definition) is 6. The monoisotopic (exact) mass is 614 g/mol. The average molecular weight is 615 g/mol. The van der Waals surface area contributed by atoms with Crippen molar-refractivity contribution in [2.45, 2.75) is 37.8 Å². The zero-order chi connectivity index (χ0) is 31.3. The highest BCUT2D eigenvalue weighted by molar-refractivity contribution is 6.30. The summed E-state index contributed by atoms with van der Waals surface area (Å²) in [5.74, 6) is -6.44. The van der Waals surface area contributed by atoms with Crippen molar-refractivity contribution >= 4 is 34.8 Å². The van der Waals surface area contributed by atoms with Crippen molar-refractivity contribution in [3.05, 3.63) is 105 Å². The molecule has 0 heterocycles. The van der Waals surface area contributed by atoms with Gasteiger partial charge in [-0.25, -0.2) is 0 Å². The summed E-state index contributed by atoms with van der Waals surface area (Å²) in [5.41, 5.74) is 6.28. The van der Waals surface area contributed by atoms with Crippen molar-refractivity contribution in [3.63, 3.8) is 0 Å². The molecule has 6 rings (SSSR count). The number of rotatable bonds is 7. The molecule has 0 unspecified atom stereocenters. The van der Waals surface area contributed by atoms with Crippen LogP contribution in [0.5, 0.6) is 5.75 Å². The van der Waals surface area contributed by atoms with E-state index in [2.05, 4.69) is 5.32 Å². The fraction of sp³-hybridized carbons (Fsp3) is 0.265. The van der Waals surface area contributed by atoms with Crippen LogP contribution in [0.4, 0.5) is 0 Å². The summed E-state index contributed by atoms with van der Waals surface area (Å²) in [7, 11) is 0. The molecule has 9 nitrogen and oxygen atoms in total. The van der Waals surface area contributed by atoms with Crippen molar-refractivity contribution in [1.29, 1.82) is 0 Å². The van der Waals surface area contributed by atoms with E-state index in [-0.39, 0.29) is 36.1 Å². The van der Waals surface area contributed by atoms with Crippen molar-refractivity contribution in [3.8, 4) is 16.9 Å². The molecule has 226 valence electrons. The molecule has 3 aromatic rings. The van der Waals surface area contributed by atoms with Crippen LogP contribution in [0.15, 0.2) is 77.6 Å². The number of phenols is 1. The van der Waals surface area contributed by atoms with Gasteiger partial charge >= 0.3 is 0 Å². The van der Waals surface area contributed by atoms with Gasteiger partial charge < -0.3 is 31.5 Å². The fourth-order valence-corrected chi connectivity index (χ4v) is 6.94. The van der Waals surface area contributed by atoms with Gasteiger partial charge in [0.25, 0.3) is 5.91 Å². The number of carbonyl (C=O) groups excluding carboxylic acids is 3. The Kier molecular flexibility index (Phi) is 7.57. The van der Waals surface area contributed by atoms with E-state index in [1.165, 1.54) is 11.6 Å². The van der Waals surface area contributed by atoms with Crippen LogP contribution < -0.4 is 11.1 Å². The highest BCUT2D eigenvalue weighted by atomic mass is 35.5. The van der Waals surface area contributed by atoms with Crippen molar-refractivity contribution in [2.75, 3.05) is 6.54 Å². The number of primary amides is 1. The third-order valence-corrected chi connectivity index (χ3v) is 9.30. The van der Waals surface area contributed by atoms with E-state index >= 15 is 0 Å². The first kappa shape index (κ1) is 29.6. The lowest BCUT2D eigenvalue weighted by atomic mass is 9.59. The van der Waals surface area contributed by atoms with E-state index in [9.17, 15) is 34.8 Å². The van der Waals surface area contributed by atoms with Crippen LogP contribution in [0.25, 0.3) is 16.9 Å². The normalized spacial score (nSPS) is 22.9. The molecule has 0 aromatic heterocycles. The van der Waals surface area contributed by atoms with Crippen LogP contribution in [-0.2, 0) is 33.8 Å². The van der Waals surface area contributed by atoms with E-state index in [0.717, 1.165) is 29.7 Å². The Labute approximate surface area is 258 Å². The number of ketones is 2. The molecular weight excluding hydrogens is 584 g/mol. The molecule has 3 atom stereocenters. The standard InChI is InChI=1S/C34H31ClN2O7/c35-22-7-3-17(4-8-22)11-12-37-16-18-1-5-19(6-2-18)23-9-10-25(38)28-24(23)14-20-13-21-15-26(39)29(33(36)43)32(42)34(21,44)31(41)27(20)30(28)40/h1-10,20-21,37-38,40,42,44H,11-16H2,(H2,36,43)/t20-,21+,34+/m1/s1. The summed E-state index contributed by atoms with van der Waals surface area (Å²) >= 11 is 5.95. The second-order valence-electron chi connectivity index (χ2n) is 11.6. The number of aliphatic hydroxyl groups excluding tert-OH is 2. The van der Waals surface area contributed by atoms with Crippen molar-refractivity contribution in [1.82, 2.24) is 5.32 Å². The van der Waals surface area contributed by atoms with Crippen molar-refractivity contribution in [2.24, 2.45) is 17.6 Å². The summed E-state index contributed by atoms with van der Waals surface area (Å²) < 4.78 is 0. The Morgan fingerprint density at radius 2 is 1.64 bits per heavy atom. The number of hydrogen-bond acceptors (Lipinski definition) is 8. The summed E-state index contributed by atoms with van der Waals surface area (Å²) in [5, 5.41) is 48.4. The number of fused-ring (bicyclic) bond motifs is 3. The lowest BCUT2D eigenvalue weighted by Gasteiger charge is -2.46. The zero-order valence-corrected chi connectivity index (χ0v) is 24.4. The van der Waals surface area contributed by atoms with Gasteiger partial charge in [0.05, 0.1) is 5.56 Å². The van der Waals surface area contributed by atoms with Crippen molar-refractivity contribution < 1.29 is 34.8 Å². The molecule has 7 N–H and O–H groups in total. The van der Waals surface area contributed by atoms with Gasteiger partial charge in [-0.05, 0) is 77.7 Å². The van der Waals surface area contributed by atoms with E-state index < -0.39 is 52.0 Å². The van der Waals surface area contributed by atoms with Crippen LogP contribution >= 0.6 is 11.6 Å². The van der Waals surface area contributed by atoms with Gasteiger partial charge in [0.2, 0.25) is 5.78 Å². The second-order valence-corrected chi connectivity index (χ2v) is 12.1. The number of aromatic hydroxyl groups is 1. The first-order chi connectivity index (χ1) is 21.0. The molecule has 1 fully saturated rings. The third-order valence-electron chi connectivity index (χ3n) is 9.04. The molecule has 3 aromatic carbocycles. The maximum Gasteiger partial charge on any atom is 0.255 e. The molecule has 1 amide bonds. The van der Waals surface area contributed by atoms with Crippen LogP contribution in [0, 0.1) is 11.8 Å². The number of benzene rings is 3. The van der Waals surface area contributed by atoms with Crippen LogP contribution in [0.1, 0.15) is 35.1 Å². The molecule has 0 bridgehead atoms. The number of aliphatic hydroxyl groups is 3. The Bertz CT molecular complexity index is 1760. The summed E-state index contributed by atoms with van der Waals surface area (Å²) in [6, 6.07) is 18.9. The van der Waals surface area contributed by atoms with Gasteiger partial charge in [0.15, 0.2) is 11.4 Å². The Balaban J connectivity index is 1.27.